The molecule has 0 saturated carbocycles. The Morgan fingerprint density at radius 1 is 1.39 bits per heavy atom. The highest BCUT2D eigenvalue weighted by molar-refractivity contribution is 6.30. The van der Waals surface area contributed by atoms with Crippen LogP contribution in [0.5, 0.6) is 5.75 Å². The summed E-state index contributed by atoms with van der Waals surface area (Å²) in [5.41, 5.74) is 0.209. The molecule has 0 radical (unpaired) electrons. The summed E-state index contributed by atoms with van der Waals surface area (Å²) in [5, 5.41) is 12.6. The summed E-state index contributed by atoms with van der Waals surface area (Å²) in [6.45, 7) is 1.52. The van der Waals surface area contributed by atoms with E-state index in [0.717, 1.165) is 0 Å². The van der Waals surface area contributed by atoms with Gasteiger partial charge in [-0.1, -0.05) is 11.6 Å². The van der Waals surface area contributed by atoms with Gasteiger partial charge >= 0.3 is 0 Å². The molecule has 4 nitrogen and oxygen atoms in total. The second kappa shape index (κ2) is 8.19. The molecular formula is C12H15Cl2NO3. The van der Waals surface area contributed by atoms with Crippen LogP contribution in [0.2, 0.25) is 5.02 Å². The third-order valence-electron chi connectivity index (χ3n) is 2.18. The van der Waals surface area contributed by atoms with E-state index in [-0.39, 0.29) is 17.2 Å². The van der Waals surface area contributed by atoms with E-state index in [0.29, 0.717) is 37.1 Å². The van der Waals surface area contributed by atoms with Crippen molar-refractivity contribution >= 4 is 29.1 Å². The second-order valence-corrected chi connectivity index (χ2v) is 4.39. The van der Waals surface area contributed by atoms with Crippen LogP contribution < -0.4 is 5.32 Å². The lowest BCUT2D eigenvalue weighted by Gasteiger charge is -2.07. The standard InChI is InChI=1S/C12H15Cl2NO3/c13-4-7-18-6-1-5-15-12(17)10-3-2-9(14)8-11(10)16/h2-3,8,16H,1,4-7H2,(H,15,17). The fourth-order valence-electron chi connectivity index (χ4n) is 1.32. The van der Waals surface area contributed by atoms with Crippen molar-refractivity contribution in [3.63, 3.8) is 0 Å². The number of ether oxygens (including phenoxy) is 1. The zero-order valence-corrected chi connectivity index (χ0v) is 11.3. The normalized spacial score (nSPS) is 10.3. The lowest BCUT2D eigenvalue weighted by atomic mass is 10.2. The molecule has 0 bridgehead atoms. The number of hydrogen-bond donors (Lipinski definition) is 2. The van der Waals surface area contributed by atoms with Gasteiger partial charge in [-0.15, -0.1) is 11.6 Å². The first-order valence-corrected chi connectivity index (χ1v) is 6.47. The fourth-order valence-corrected chi connectivity index (χ4v) is 1.60. The molecule has 0 fully saturated rings. The zero-order valence-electron chi connectivity index (χ0n) is 9.79. The molecule has 0 aromatic heterocycles. The molecule has 100 valence electrons. The summed E-state index contributed by atoms with van der Waals surface area (Å²) in [6.07, 6.45) is 0.691. The number of aromatic hydroxyl groups is 1. The highest BCUT2D eigenvalue weighted by Gasteiger charge is 2.10. The summed E-state index contributed by atoms with van der Waals surface area (Å²) in [6, 6.07) is 4.37. The van der Waals surface area contributed by atoms with E-state index in [4.69, 9.17) is 27.9 Å². The summed E-state index contributed by atoms with van der Waals surface area (Å²) in [7, 11) is 0. The van der Waals surface area contributed by atoms with Crippen molar-refractivity contribution in [2.24, 2.45) is 0 Å². The van der Waals surface area contributed by atoms with Gasteiger partial charge < -0.3 is 15.2 Å². The number of carbonyl (C=O) groups is 1. The quantitative estimate of drug-likeness (QED) is 0.599. The average molecular weight is 292 g/mol. The molecule has 1 rings (SSSR count). The molecule has 0 aliphatic rings. The molecular weight excluding hydrogens is 277 g/mol. The van der Waals surface area contributed by atoms with E-state index in [1.54, 1.807) is 6.07 Å². The number of phenolic OH excluding ortho intramolecular Hbond substituents is 1. The van der Waals surface area contributed by atoms with E-state index in [9.17, 15) is 9.90 Å². The van der Waals surface area contributed by atoms with Gasteiger partial charge in [-0.2, -0.15) is 0 Å². The van der Waals surface area contributed by atoms with E-state index < -0.39 is 0 Å². The van der Waals surface area contributed by atoms with Crippen molar-refractivity contribution in [3.8, 4) is 5.75 Å². The number of amides is 1. The van der Waals surface area contributed by atoms with Gasteiger partial charge in [0.05, 0.1) is 12.2 Å². The molecule has 1 amide bonds. The molecule has 1 aromatic rings. The third-order valence-corrected chi connectivity index (χ3v) is 2.57. The minimum atomic E-state index is -0.332. The summed E-state index contributed by atoms with van der Waals surface area (Å²) >= 11 is 11.1. The van der Waals surface area contributed by atoms with Crippen LogP contribution in [0.1, 0.15) is 16.8 Å². The van der Waals surface area contributed by atoms with Crippen LogP contribution >= 0.6 is 23.2 Å². The van der Waals surface area contributed by atoms with Crippen LogP contribution in [0.3, 0.4) is 0 Å². The molecule has 0 atom stereocenters. The number of rotatable bonds is 7. The lowest BCUT2D eigenvalue weighted by Crippen LogP contribution is -2.25. The van der Waals surface area contributed by atoms with Crippen molar-refractivity contribution < 1.29 is 14.6 Å². The second-order valence-electron chi connectivity index (χ2n) is 3.57. The number of halogens is 2. The Kier molecular flexibility index (Phi) is 6.86. The maximum atomic E-state index is 11.7. The molecule has 2 N–H and O–H groups in total. The topological polar surface area (TPSA) is 58.6 Å². The predicted molar refractivity (Wildman–Crippen MR) is 71.6 cm³/mol. The average Bonchev–Trinajstić information content (AvgIpc) is 2.33. The molecule has 0 heterocycles. The number of hydrogen-bond acceptors (Lipinski definition) is 3. The van der Waals surface area contributed by atoms with Crippen LogP contribution in [0.25, 0.3) is 0 Å². The Morgan fingerprint density at radius 2 is 2.17 bits per heavy atom. The predicted octanol–water partition coefficient (Wildman–Crippen LogP) is 2.42. The van der Waals surface area contributed by atoms with Crippen LogP contribution in [-0.2, 0) is 4.74 Å². The number of carbonyl (C=O) groups excluding carboxylic acids is 1. The molecule has 0 aliphatic heterocycles. The van der Waals surface area contributed by atoms with Crippen molar-refractivity contribution in [3.05, 3.63) is 28.8 Å². The monoisotopic (exact) mass is 291 g/mol. The molecule has 6 heteroatoms. The van der Waals surface area contributed by atoms with E-state index >= 15 is 0 Å². The van der Waals surface area contributed by atoms with Gasteiger partial charge in [-0.3, -0.25) is 4.79 Å². The highest BCUT2D eigenvalue weighted by Crippen LogP contribution is 2.21. The highest BCUT2D eigenvalue weighted by atomic mass is 35.5. The molecule has 0 saturated heterocycles. The van der Waals surface area contributed by atoms with Gasteiger partial charge in [-0.05, 0) is 24.6 Å². The molecule has 18 heavy (non-hydrogen) atoms. The Morgan fingerprint density at radius 3 is 2.83 bits per heavy atom. The number of benzene rings is 1. The Labute approximate surface area is 116 Å². The molecule has 0 spiro atoms. The van der Waals surface area contributed by atoms with Crippen molar-refractivity contribution in [1.82, 2.24) is 5.32 Å². The summed E-state index contributed by atoms with van der Waals surface area (Å²) in [5.74, 6) is 0.00487. The maximum Gasteiger partial charge on any atom is 0.255 e. The number of phenols is 1. The van der Waals surface area contributed by atoms with Crippen LogP contribution in [0, 0.1) is 0 Å². The zero-order chi connectivity index (χ0) is 13.4. The first-order chi connectivity index (χ1) is 8.65. The number of nitrogens with one attached hydrogen (secondary N) is 1. The largest absolute Gasteiger partial charge is 0.507 e. The van der Waals surface area contributed by atoms with Crippen molar-refractivity contribution in [2.75, 3.05) is 25.6 Å². The van der Waals surface area contributed by atoms with Crippen LogP contribution in [0.4, 0.5) is 0 Å². The van der Waals surface area contributed by atoms with Crippen LogP contribution in [-0.4, -0.2) is 36.7 Å². The van der Waals surface area contributed by atoms with Gasteiger partial charge in [0.2, 0.25) is 0 Å². The smallest absolute Gasteiger partial charge is 0.255 e. The molecule has 0 aliphatic carbocycles. The summed E-state index contributed by atoms with van der Waals surface area (Å²) in [4.78, 5) is 11.7. The van der Waals surface area contributed by atoms with E-state index in [2.05, 4.69) is 5.32 Å². The first kappa shape index (κ1) is 15.1. The Balaban J connectivity index is 2.32. The maximum absolute atomic E-state index is 11.7. The fraction of sp³-hybridized carbons (Fsp3) is 0.417. The minimum absolute atomic E-state index is 0.126. The SMILES string of the molecule is O=C(NCCCOCCCl)c1ccc(Cl)cc1O. The lowest BCUT2D eigenvalue weighted by molar-refractivity contribution is 0.0942. The van der Waals surface area contributed by atoms with Gasteiger partial charge in [-0.25, -0.2) is 0 Å². The minimum Gasteiger partial charge on any atom is -0.507 e. The van der Waals surface area contributed by atoms with Gasteiger partial charge in [0.1, 0.15) is 5.75 Å². The van der Waals surface area contributed by atoms with Gasteiger partial charge in [0.25, 0.3) is 5.91 Å². The van der Waals surface area contributed by atoms with E-state index in [1.807, 2.05) is 0 Å². The van der Waals surface area contributed by atoms with Crippen LogP contribution in [0.15, 0.2) is 18.2 Å². The number of alkyl halides is 1. The third kappa shape index (κ3) is 5.12. The van der Waals surface area contributed by atoms with Crippen molar-refractivity contribution in [2.45, 2.75) is 6.42 Å². The molecule has 1 aromatic carbocycles. The van der Waals surface area contributed by atoms with E-state index in [1.165, 1.54) is 12.1 Å². The summed E-state index contributed by atoms with van der Waals surface area (Å²) < 4.78 is 5.16. The van der Waals surface area contributed by atoms with Gasteiger partial charge in [0.15, 0.2) is 0 Å². The molecule has 0 unspecified atom stereocenters. The van der Waals surface area contributed by atoms with Crippen molar-refractivity contribution in [1.29, 1.82) is 0 Å². The Bertz CT molecular complexity index is 399. The van der Waals surface area contributed by atoms with Gasteiger partial charge in [0, 0.05) is 24.1 Å². The first-order valence-electron chi connectivity index (χ1n) is 5.55. The Hall–Kier alpha value is -0.970.